The van der Waals surface area contributed by atoms with E-state index in [1.807, 2.05) is 25.1 Å². The highest BCUT2D eigenvalue weighted by Gasteiger charge is 2.07. The molecule has 0 radical (unpaired) electrons. The Morgan fingerprint density at radius 3 is 2.53 bits per heavy atom. The number of anilines is 1. The SMILES string of the molecule is CCCOc1nnc(N(C)C)cc1CC. The molecule has 0 atom stereocenters. The number of hydrogen-bond donors (Lipinski definition) is 0. The van der Waals surface area contributed by atoms with Crippen molar-refractivity contribution in [2.75, 3.05) is 25.6 Å². The van der Waals surface area contributed by atoms with Gasteiger partial charge >= 0.3 is 0 Å². The lowest BCUT2D eigenvalue weighted by atomic mass is 10.2. The summed E-state index contributed by atoms with van der Waals surface area (Å²) < 4.78 is 5.52. The Bertz CT molecular complexity index is 313. The van der Waals surface area contributed by atoms with Crippen molar-refractivity contribution in [3.8, 4) is 5.88 Å². The molecule has 0 unspecified atom stereocenters. The van der Waals surface area contributed by atoms with Crippen LogP contribution in [0.2, 0.25) is 0 Å². The van der Waals surface area contributed by atoms with E-state index in [0.717, 1.165) is 24.2 Å². The van der Waals surface area contributed by atoms with Crippen molar-refractivity contribution >= 4 is 5.82 Å². The maximum absolute atomic E-state index is 5.52. The van der Waals surface area contributed by atoms with Crippen LogP contribution in [-0.4, -0.2) is 30.9 Å². The van der Waals surface area contributed by atoms with Gasteiger partial charge in [-0.15, -0.1) is 10.2 Å². The van der Waals surface area contributed by atoms with Crippen molar-refractivity contribution in [3.05, 3.63) is 11.6 Å². The average Bonchev–Trinajstić information content (AvgIpc) is 2.25. The lowest BCUT2D eigenvalue weighted by Gasteiger charge is -2.13. The minimum Gasteiger partial charge on any atom is -0.476 e. The van der Waals surface area contributed by atoms with Crippen molar-refractivity contribution in [1.82, 2.24) is 10.2 Å². The highest BCUT2D eigenvalue weighted by Crippen LogP contribution is 2.19. The third-order valence-electron chi connectivity index (χ3n) is 2.10. The van der Waals surface area contributed by atoms with E-state index in [9.17, 15) is 0 Å². The molecule has 0 aromatic carbocycles. The highest BCUT2D eigenvalue weighted by molar-refractivity contribution is 5.41. The van der Waals surface area contributed by atoms with E-state index in [1.165, 1.54) is 0 Å². The fourth-order valence-electron chi connectivity index (χ4n) is 1.20. The molecular weight excluding hydrogens is 190 g/mol. The molecule has 84 valence electrons. The number of rotatable bonds is 5. The van der Waals surface area contributed by atoms with Crippen LogP contribution in [-0.2, 0) is 6.42 Å². The van der Waals surface area contributed by atoms with Gasteiger partial charge in [0.1, 0.15) is 0 Å². The zero-order valence-electron chi connectivity index (χ0n) is 9.95. The fraction of sp³-hybridized carbons (Fsp3) is 0.636. The first-order chi connectivity index (χ1) is 7.19. The first-order valence-corrected chi connectivity index (χ1v) is 5.35. The fourth-order valence-corrected chi connectivity index (χ4v) is 1.20. The maximum Gasteiger partial charge on any atom is 0.236 e. The van der Waals surface area contributed by atoms with Gasteiger partial charge in [-0.05, 0) is 18.9 Å². The zero-order valence-corrected chi connectivity index (χ0v) is 9.95. The summed E-state index contributed by atoms with van der Waals surface area (Å²) in [6.07, 6.45) is 1.90. The van der Waals surface area contributed by atoms with Crippen molar-refractivity contribution in [2.24, 2.45) is 0 Å². The molecule has 1 heterocycles. The number of aryl methyl sites for hydroxylation is 1. The predicted octanol–water partition coefficient (Wildman–Crippen LogP) is 1.89. The molecule has 0 N–H and O–H groups in total. The highest BCUT2D eigenvalue weighted by atomic mass is 16.5. The van der Waals surface area contributed by atoms with Crippen LogP contribution in [0.15, 0.2) is 6.07 Å². The Labute approximate surface area is 91.3 Å². The topological polar surface area (TPSA) is 38.3 Å². The van der Waals surface area contributed by atoms with Crippen LogP contribution in [0.3, 0.4) is 0 Å². The molecule has 4 nitrogen and oxygen atoms in total. The minimum absolute atomic E-state index is 0.671. The van der Waals surface area contributed by atoms with Crippen LogP contribution >= 0.6 is 0 Å². The molecule has 1 rings (SSSR count). The molecule has 0 fully saturated rings. The Kier molecular flexibility index (Phi) is 4.34. The summed E-state index contributed by atoms with van der Waals surface area (Å²) in [5.74, 6) is 1.54. The van der Waals surface area contributed by atoms with Gasteiger partial charge < -0.3 is 9.64 Å². The smallest absolute Gasteiger partial charge is 0.236 e. The number of hydrogen-bond acceptors (Lipinski definition) is 4. The van der Waals surface area contributed by atoms with Crippen LogP contribution in [0.25, 0.3) is 0 Å². The molecule has 0 aliphatic heterocycles. The van der Waals surface area contributed by atoms with E-state index in [1.54, 1.807) is 0 Å². The normalized spacial score (nSPS) is 10.1. The minimum atomic E-state index is 0.671. The van der Waals surface area contributed by atoms with E-state index in [0.29, 0.717) is 12.5 Å². The second kappa shape index (κ2) is 5.53. The summed E-state index contributed by atoms with van der Waals surface area (Å²) in [7, 11) is 3.91. The Hall–Kier alpha value is -1.32. The van der Waals surface area contributed by atoms with Crippen LogP contribution in [0.4, 0.5) is 5.82 Å². The Morgan fingerprint density at radius 2 is 2.00 bits per heavy atom. The van der Waals surface area contributed by atoms with Gasteiger partial charge in [0.15, 0.2) is 5.82 Å². The third-order valence-corrected chi connectivity index (χ3v) is 2.10. The van der Waals surface area contributed by atoms with E-state index in [2.05, 4.69) is 24.0 Å². The molecule has 4 heteroatoms. The summed E-state index contributed by atoms with van der Waals surface area (Å²) >= 11 is 0. The van der Waals surface area contributed by atoms with Crippen molar-refractivity contribution < 1.29 is 4.74 Å². The quantitative estimate of drug-likeness (QED) is 0.742. The molecule has 0 saturated carbocycles. The summed E-state index contributed by atoms with van der Waals surface area (Å²) in [4.78, 5) is 1.94. The monoisotopic (exact) mass is 209 g/mol. The van der Waals surface area contributed by atoms with Crippen molar-refractivity contribution in [2.45, 2.75) is 26.7 Å². The largest absolute Gasteiger partial charge is 0.476 e. The average molecular weight is 209 g/mol. The lowest BCUT2D eigenvalue weighted by molar-refractivity contribution is 0.298. The van der Waals surface area contributed by atoms with Gasteiger partial charge in [0.25, 0.3) is 0 Å². The Morgan fingerprint density at radius 1 is 1.27 bits per heavy atom. The lowest BCUT2D eigenvalue weighted by Crippen LogP contribution is -2.13. The summed E-state index contributed by atoms with van der Waals surface area (Å²) in [5, 5.41) is 8.18. The van der Waals surface area contributed by atoms with Crippen LogP contribution in [0.1, 0.15) is 25.8 Å². The number of nitrogens with zero attached hydrogens (tertiary/aromatic N) is 3. The molecule has 0 amide bonds. The van der Waals surface area contributed by atoms with Gasteiger partial charge in [0, 0.05) is 19.7 Å². The summed E-state index contributed by atoms with van der Waals surface area (Å²) in [6, 6.07) is 2.03. The van der Waals surface area contributed by atoms with Gasteiger partial charge in [-0.2, -0.15) is 0 Å². The van der Waals surface area contributed by atoms with Gasteiger partial charge in [-0.3, -0.25) is 0 Å². The first kappa shape index (κ1) is 11.8. The molecule has 0 aliphatic carbocycles. The number of ether oxygens (including phenoxy) is 1. The van der Waals surface area contributed by atoms with Crippen molar-refractivity contribution in [1.29, 1.82) is 0 Å². The second-order valence-electron chi connectivity index (χ2n) is 3.63. The van der Waals surface area contributed by atoms with E-state index >= 15 is 0 Å². The van der Waals surface area contributed by atoms with Gasteiger partial charge in [-0.1, -0.05) is 13.8 Å². The standard InChI is InChI=1S/C11H19N3O/c1-5-7-15-11-9(6-2)8-10(12-13-11)14(3)4/h8H,5-7H2,1-4H3. The predicted molar refractivity (Wildman–Crippen MR) is 61.5 cm³/mol. The number of aromatic nitrogens is 2. The van der Waals surface area contributed by atoms with Crippen LogP contribution in [0.5, 0.6) is 5.88 Å². The van der Waals surface area contributed by atoms with Gasteiger partial charge in [0.2, 0.25) is 5.88 Å². The summed E-state index contributed by atoms with van der Waals surface area (Å²) in [6.45, 7) is 4.87. The second-order valence-corrected chi connectivity index (χ2v) is 3.63. The van der Waals surface area contributed by atoms with Crippen LogP contribution < -0.4 is 9.64 Å². The Balaban J connectivity index is 2.88. The van der Waals surface area contributed by atoms with Gasteiger partial charge in [-0.25, -0.2) is 0 Å². The molecule has 1 aromatic rings. The summed E-state index contributed by atoms with van der Waals surface area (Å²) in [5.41, 5.74) is 1.11. The molecule has 0 bridgehead atoms. The molecule has 15 heavy (non-hydrogen) atoms. The first-order valence-electron chi connectivity index (χ1n) is 5.35. The van der Waals surface area contributed by atoms with Gasteiger partial charge in [0.05, 0.1) is 6.61 Å². The maximum atomic E-state index is 5.52. The molecule has 0 saturated heterocycles. The molecule has 0 aliphatic rings. The molecular formula is C11H19N3O. The molecule has 1 aromatic heterocycles. The van der Waals surface area contributed by atoms with E-state index in [4.69, 9.17) is 4.74 Å². The van der Waals surface area contributed by atoms with Crippen LogP contribution in [0, 0.1) is 0 Å². The molecule has 0 spiro atoms. The van der Waals surface area contributed by atoms with Crippen molar-refractivity contribution in [3.63, 3.8) is 0 Å². The third kappa shape index (κ3) is 3.08. The van der Waals surface area contributed by atoms with E-state index in [-0.39, 0.29) is 0 Å². The van der Waals surface area contributed by atoms with E-state index < -0.39 is 0 Å². The zero-order chi connectivity index (χ0) is 11.3.